The Labute approximate surface area is 68.2 Å². The second-order valence-electron chi connectivity index (χ2n) is 2.53. The van der Waals surface area contributed by atoms with Gasteiger partial charge in [0.25, 0.3) is 0 Å². The summed E-state index contributed by atoms with van der Waals surface area (Å²) in [5, 5.41) is 16.5. The molecule has 1 atom stereocenters. The van der Waals surface area contributed by atoms with E-state index in [1.54, 1.807) is 0 Å². The van der Waals surface area contributed by atoms with E-state index in [4.69, 9.17) is 10.5 Å². The zero-order valence-corrected chi connectivity index (χ0v) is 6.39. The summed E-state index contributed by atoms with van der Waals surface area (Å²) in [6.45, 7) is 1.24. The van der Waals surface area contributed by atoms with Crippen molar-refractivity contribution in [1.82, 2.24) is 0 Å². The molecule has 0 aliphatic carbocycles. The first-order valence-corrected chi connectivity index (χ1v) is 3.26. The maximum absolute atomic E-state index is 11.7. The zero-order chi connectivity index (χ0) is 9.78. The lowest BCUT2D eigenvalue weighted by molar-refractivity contribution is -0.144. The van der Waals surface area contributed by atoms with Gasteiger partial charge in [-0.05, 0) is 5.92 Å². The van der Waals surface area contributed by atoms with Gasteiger partial charge in [0.2, 0.25) is 0 Å². The highest BCUT2D eigenvalue weighted by Crippen LogP contribution is 2.28. The van der Waals surface area contributed by atoms with Crippen molar-refractivity contribution in [3.63, 3.8) is 0 Å². The average molecular weight is 176 g/mol. The predicted octanol–water partition coefficient (Wildman–Crippen LogP) is 2.24. The van der Waals surface area contributed by atoms with E-state index >= 15 is 0 Å². The largest absolute Gasteiger partial charge is 0.389 e. The lowest BCUT2D eigenvalue weighted by atomic mass is 9.94. The van der Waals surface area contributed by atoms with Crippen LogP contribution in [0, 0.1) is 34.5 Å². The Kier molecular flexibility index (Phi) is 3.56. The third-order valence-electron chi connectivity index (χ3n) is 1.40. The van der Waals surface area contributed by atoms with Crippen LogP contribution in [0.2, 0.25) is 0 Å². The van der Waals surface area contributed by atoms with E-state index in [1.807, 2.05) is 0 Å². The van der Waals surface area contributed by atoms with Gasteiger partial charge in [0.05, 0.1) is 12.1 Å². The molecule has 0 rings (SSSR count). The normalized spacial score (nSPS) is 13.6. The molecule has 1 unspecified atom stereocenters. The van der Waals surface area contributed by atoms with Crippen molar-refractivity contribution in [2.75, 3.05) is 0 Å². The van der Waals surface area contributed by atoms with Gasteiger partial charge in [-0.15, -0.1) is 0 Å². The maximum atomic E-state index is 11.7. The number of hydrogen-bond donors (Lipinski definition) is 0. The smallest absolute Gasteiger partial charge is 0.197 e. The van der Waals surface area contributed by atoms with E-state index in [0.717, 1.165) is 0 Å². The summed E-state index contributed by atoms with van der Waals surface area (Å²) in [7, 11) is 0. The predicted molar refractivity (Wildman–Crippen MR) is 34.6 cm³/mol. The quantitative estimate of drug-likeness (QED) is 0.647. The molecule has 0 bridgehead atoms. The molecule has 0 radical (unpaired) electrons. The molecule has 0 aromatic heterocycles. The summed E-state index contributed by atoms with van der Waals surface area (Å²) in [5.74, 6) is -2.13. The summed E-state index contributed by atoms with van der Waals surface area (Å²) in [4.78, 5) is 0. The first-order chi connectivity index (χ1) is 5.40. The van der Waals surface area contributed by atoms with Crippen LogP contribution in [-0.2, 0) is 0 Å². The molecule has 0 amide bonds. The molecule has 66 valence electrons. The Morgan fingerprint density at radius 1 is 1.25 bits per heavy atom. The van der Waals surface area contributed by atoms with Crippen molar-refractivity contribution in [2.24, 2.45) is 11.8 Å². The summed E-state index contributed by atoms with van der Waals surface area (Å²) < 4.78 is 35.2. The summed E-state index contributed by atoms with van der Waals surface area (Å²) >= 11 is 0. The van der Waals surface area contributed by atoms with Gasteiger partial charge in [-0.3, -0.25) is 0 Å². The lowest BCUT2D eigenvalue weighted by Gasteiger charge is -2.13. The second kappa shape index (κ2) is 3.96. The van der Waals surface area contributed by atoms with Gasteiger partial charge in [0.1, 0.15) is 5.92 Å². The third kappa shape index (κ3) is 3.82. The van der Waals surface area contributed by atoms with Crippen molar-refractivity contribution in [3.8, 4) is 12.1 Å². The van der Waals surface area contributed by atoms with Crippen LogP contribution >= 0.6 is 0 Å². The van der Waals surface area contributed by atoms with Gasteiger partial charge in [-0.2, -0.15) is 23.7 Å². The van der Waals surface area contributed by atoms with Crippen molar-refractivity contribution in [1.29, 1.82) is 10.5 Å². The highest BCUT2D eigenvalue weighted by Gasteiger charge is 2.33. The Morgan fingerprint density at radius 2 is 1.67 bits per heavy atom. The molecule has 0 N–H and O–H groups in total. The van der Waals surface area contributed by atoms with Crippen molar-refractivity contribution < 1.29 is 13.2 Å². The highest BCUT2D eigenvalue weighted by atomic mass is 19.4. The first kappa shape index (κ1) is 10.8. The summed E-state index contributed by atoms with van der Waals surface area (Å²) in [6.07, 6.45) is -5.38. The van der Waals surface area contributed by atoms with Crippen LogP contribution in [0.25, 0.3) is 0 Å². The van der Waals surface area contributed by atoms with Gasteiger partial charge >= 0.3 is 6.18 Å². The van der Waals surface area contributed by atoms with Crippen LogP contribution in [-0.4, -0.2) is 6.18 Å². The number of alkyl halides is 3. The number of hydrogen-bond acceptors (Lipinski definition) is 2. The third-order valence-corrected chi connectivity index (χ3v) is 1.40. The van der Waals surface area contributed by atoms with Crippen molar-refractivity contribution >= 4 is 0 Å². The van der Waals surface area contributed by atoms with Crippen LogP contribution in [0.4, 0.5) is 13.2 Å². The lowest BCUT2D eigenvalue weighted by Crippen LogP contribution is -2.18. The molecular formula is C7H7F3N2. The fraction of sp³-hybridized carbons (Fsp3) is 0.714. The zero-order valence-electron chi connectivity index (χ0n) is 6.39. The van der Waals surface area contributed by atoms with Crippen LogP contribution in [0.3, 0.4) is 0 Å². The molecule has 5 heteroatoms. The van der Waals surface area contributed by atoms with E-state index < -0.39 is 24.4 Å². The Morgan fingerprint density at radius 3 is 1.92 bits per heavy atom. The summed E-state index contributed by atoms with van der Waals surface area (Å²) in [5.41, 5.74) is 0. The standard InChI is InChI=1S/C7H7F3N2/c1-5(2-7(8,9)10)6(3-11)4-12/h5-6H,2H2,1H3. The van der Waals surface area contributed by atoms with Gasteiger partial charge in [0, 0.05) is 6.42 Å². The van der Waals surface area contributed by atoms with Crippen LogP contribution < -0.4 is 0 Å². The molecule has 0 aromatic carbocycles. The minimum Gasteiger partial charge on any atom is -0.197 e. The van der Waals surface area contributed by atoms with E-state index in [0.29, 0.717) is 0 Å². The molecule has 2 nitrogen and oxygen atoms in total. The fourth-order valence-corrected chi connectivity index (χ4v) is 0.766. The number of rotatable bonds is 2. The van der Waals surface area contributed by atoms with Crippen LogP contribution in [0.15, 0.2) is 0 Å². The number of nitriles is 2. The molecule has 0 spiro atoms. The van der Waals surface area contributed by atoms with E-state index in [-0.39, 0.29) is 0 Å². The Bertz CT molecular complexity index is 206. The number of nitrogens with zero attached hydrogens (tertiary/aromatic N) is 2. The molecule has 0 saturated carbocycles. The van der Waals surface area contributed by atoms with Gasteiger partial charge in [-0.25, -0.2) is 0 Å². The highest BCUT2D eigenvalue weighted by molar-refractivity contribution is 5.01. The molecular weight excluding hydrogens is 169 g/mol. The van der Waals surface area contributed by atoms with Crippen molar-refractivity contribution in [2.45, 2.75) is 19.5 Å². The van der Waals surface area contributed by atoms with Crippen molar-refractivity contribution in [3.05, 3.63) is 0 Å². The number of halogens is 3. The monoisotopic (exact) mass is 176 g/mol. The van der Waals surface area contributed by atoms with E-state index in [9.17, 15) is 13.2 Å². The SMILES string of the molecule is CC(CC(F)(F)F)C(C#N)C#N. The Hall–Kier alpha value is -1.23. The maximum Gasteiger partial charge on any atom is 0.389 e. The van der Waals surface area contributed by atoms with E-state index in [1.165, 1.54) is 19.1 Å². The van der Waals surface area contributed by atoms with Gasteiger partial charge in [-0.1, -0.05) is 6.92 Å². The average Bonchev–Trinajstić information content (AvgIpc) is 1.85. The minimum atomic E-state index is -4.30. The summed E-state index contributed by atoms with van der Waals surface area (Å²) in [6, 6.07) is 3.03. The van der Waals surface area contributed by atoms with Crippen LogP contribution in [0.5, 0.6) is 0 Å². The minimum absolute atomic E-state index is 0.958. The molecule has 0 aliphatic heterocycles. The van der Waals surface area contributed by atoms with Gasteiger partial charge in [0.15, 0.2) is 0 Å². The second-order valence-corrected chi connectivity index (χ2v) is 2.53. The molecule has 12 heavy (non-hydrogen) atoms. The first-order valence-electron chi connectivity index (χ1n) is 3.26. The van der Waals surface area contributed by atoms with Gasteiger partial charge < -0.3 is 0 Å². The Balaban J connectivity index is 4.16. The topological polar surface area (TPSA) is 47.6 Å². The van der Waals surface area contributed by atoms with Crippen LogP contribution in [0.1, 0.15) is 13.3 Å². The fourth-order valence-electron chi connectivity index (χ4n) is 0.766. The molecule has 0 fully saturated rings. The molecule has 0 aliphatic rings. The van der Waals surface area contributed by atoms with E-state index in [2.05, 4.69) is 0 Å². The molecule has 0 saturated heterocycles. The molecule has 0 heterocycles. The molecule has 0 aromatic rings.